The molecule has 2 unspecified atom stereocenters. The molecule has 2 heterocycles. The van der Waals surface area contributed by atoms with Crippen molar-refractivity contribution in [2.75, 3.05) is 26.2 Å². The van der Waals surface area contributed by atoms with Gasteiger partial charge in [0.2, 0.25) is 0 Å². The van der Waals surface area contributed by atoms with Crippen molar-refractivity contribution < 1.29 is 39.3 Å². The van der Waals surface area contributed by atoms with E-state index in [-0.39, 0.29) is 19.5 Å². The first kappa shape index (κ1) is 20.5. The second kappa shape index (κ2) is 10.2. The molecule has 21 heavy (non-hydrogen) atoms. The quantitative estimate of drug-likeness (QED) is 0.570. The van der Waals surface area contributed by atoms with Gasteiger partial charge in [0.05, 0.1) is 11.9 Å². The largest absolute Gasteiger partial charge is 2.00 e. The summed E-state index contributed by atoms with van der Waals surface area (Å²) in [5.41, 5.74) is 0. The van der Waals surface area contributed by atoms with E-state index in [1.54, 1.807) is 13.8 Å². The van der Waals surface area contributed by atoms with E-state index >= 15 is 0 Å². The SMILES string of the molecule is CC(C(=O)[O-])N1CCCC1.CC(C(=O)[O-])N1CCCC1.[Zn+2]. The molecule has 7 heteroatoms. The molecule has 6 nitrogen and oxygen atoms in total. The van der Waals surface area contributed by atoms with Gasteiger partial charge in [0.15, 0.2) is 0 Å². The topological polar surface area (TPSA) is 86.7 Å². The molecular formula is C14H24N2O4Zn. The number of carboxylic acid groups (broad SMARTS) is 2. The summed E-state index contributed by atoms with van der Waals surface area (Å²) >= 11 is 0. The van der Waals surface area contributed by atoms with Gasteiger partial charge in [0.25, 0.3) is 0 Å². The number of rotatable bonds is 4. The number of hydrogen-bond acceptors (Lipinski definition) is 6. The van der Waals surface area contributed by atoms with Crippen molar-refractivity contribution in [3.63, 3.8) is 0 Å². The zero-order valence-corrected chi connectivity index (χ0v) is 16.0. The van der Waals surface area contributed by atoms with Crippen LogP contribution in [0, 0.1) is 0 Å². The van der Waals surface area contributed by atoms with Crippen molar-refractivity contribution in [1.29, 1.82) is 0 Å². The number of carboxylic acids is 2. The first-order valence-electron chi connectivity index (χ1n) is 7.33. The molecule has 2 rings (SSSR count). The molecule has 2 saturated heterocycles. The first-order chi connectivity index (χ1) is 9.43. The average molecular weight is 350 g/mol. The summed E-state index contributed by atoms with van der Waals surface area (Å²) in [6, 6.07) is -0.801. The molecule has 2 aliphatic rings. The minimum atomic E-state index is -0.957. The maximum absolute atomic E-state index is 10.3. The number of hydrogen-bond donors (Lipinski definition) is 0. The second-order valence-electron chi connectivity index (χ2n) is 5.48. The van der Waals surface area contributed by atoms with Crippen molar-refractivity contribution in [1.82, 2.24) is 9.80 Å². The van der Waals surface area contributed by atoms with Crippen LogP contribution in [0.1, 0.15) is 39.5 Å². The van der Waals surface area contributed by atoms with E-state index in [9.17, 15) is 19.8 Å². The van der Waals surface area contributed by atoms with Gasteiger partial charge < -0.3 is 19.8 Å². The van der Waals surface area contributed by atoms with Crippen molar-refractivity contribution in [2.45, 2.75) is 51.6 Å². The molecule has 0 bridgehead atoms. The van der Waals surface area contributed by atoms with Crippen LogP contribution in [0.3, 0.4) is 0 Å². The van der Waals surface area contributed by atoms with E-state index in [1.807, 2.05) is 9.80 Å². The molecule has 2 fully saturated rings. The van der Waals surface area contributed by atoms with Crippen LogP contribution >= 0.6 is 0 Å². The van der Waals surface area contributed by atoms with Crippen molar-refractivity contribution in [2.24, 2.45) is 0 Å². The zero-order valence-electron chi connectivity index (χ0n) is 13.0. The number of carbonyl (C=O) groups excluding carboxylic acids is 2. The Bertz CT molecular complexity index is 297. The van der Waals surface area contributed by atoms with E-state index < -0.39 is 24.0 Å². The predicted molar refractivity (Wildman–Crippen MR) is 70.6 cm³/mol. The van der Waals surface area contributed by atoms with Gasteiger partial charge in [-0.25, -0.2) is 0 Å². The molecule has 0 aromatic carbocycles. The molecule has 0 N–H and O–H groups in total. The van der Waals surface area contributed by atoms with Gasteiger partial charge in [-0.15, -0.1) is 0 Å². The third kappa shape index (κ3) is 6.85. The number of aliphatic carboxylic acids is 2. The van der Waals surface area contributed by atoms with Crippen LogP contribution in [0.4, 0.5) is 0 Å². The van der Waals surface area contributed by atoms with Crippen LogP contribution in [0.5, 0.6) is 0 Å². The van der Waals surface area contributed by atoms with Gasteiger partial charge in [-0.05, 0) is 65.7 Å². The molecule has 0 radical (unpaired) electrons. The Hall–Kier alpha value is -0.517. The molecule has 0 aliphatic carbocycles. The van der Waals surface area contributed by atoms with Crippen molar-refractivity contribution >= 4 is 11.9 Å². The summed E-state index contributed by atoms with van der Waals surface area (Å²) in [5.74, 6) is -1.91. The fraction of sp³-hybridized carbons (Fsp3) is 0.857. The molecule has 116 valence electrons. The maximum Gasteiger partial charge on any atom is 2.00 e. The summed E-state index contributed by atoms with van der Waals surface area (Å²) < 4.78 is 0. The molecule has 2 atom stereocenters. The van der Waals surface area contributed by atoms with Crippen LogP contribution in [-0.4, -0.2) is 60.0 Å². The van der Waals surface area contributed by atoms with Gasteiger partial charge in [0.1, 0.15) is 0 Å². The standard InChI is InChI=1S/2C7H13NO2.Zn/c2*1-6(7(9)10)8-4-2-3-5-8;/h2*6H,2-5H2,1H3,(H,9,10);/q;;+2/p-2. The molecule has 0 aromatic rings. The Morgan fingerprint density at radius 1 is 0.762 bits per heavy atom. The van der Waals surface area contributed by atoms with E-state index in [0.29, 0.717) is 0 Å². The Morgan fingerprint density at radius 2 is 1.00 bits per heavy atom. The molecule has 0 amide bonds. The average Bonchev–Trinajstić information content (AvgIpc) is 3.10. The molecule has 0 saturated carbocycles. The first-order valence-corrected chi connectivity index (χ1v) is 7.33. The second-order valence-corrected chi connectivity index (χ2v) is 5.48. The van der Waals surface area contributed by atoms with Gasteiger partial charge in [-0.1, -0.05) is 0 Å². The van der Waals surface area contributed by atoms with Crippen LogP contribution < -0.4 is 10.2 Å². The zero-order chi connectivity index (χ0) is 15.1. The maximum atomic E-state index is 10.3. The van der Waals surface area contributed by atoms with Gasteiger partial charge in [-0.2, -0.15) is 0 Å². The van der Waals surface area contributed by atoms with Crippen molar-refractivity contribution in [3.05, 3.63) is 0 Å². The fourth-order valence-corrected chi connectivity index (χ4v) is 2.56. The summed E-state index contributed by atoms with van der Waals surface area (Å²) in [5, 5.41) is 20.7. The van der Waals surface area contributed by atoms with Crippen LogP contribution in [0.25, 0.3) is 0 Å². The van der Waals surface area contributed by atoms with Crippen molar-refractivity contribution in [3.8, 4) is 0 Å². The molecular weight excluding hydrogens is 326 g/mol. The predicted octanol–water partition coefficient (Wildman–Crippen LogP) is -1.56. The Kier molecular flexibility index (Phi) is 10.00. The fourth-order valence-electron chi connectivity index (χ4n) is 2.56. The van der Waals surface area contributed by atoms with Crippen LogP contribution in [0.2, 0.25) is 0 Å². The van der Waals surface area contributed by atoms with Gasteiger partial charge in [-0.3, -0.25) is 9.80 Å². The molecule has 0 spiro atoms. The molecule has 0 aromatic heterocycles. The number of likely N-dealkylation sites (tertiary alicyclic amines) is 2. The van der Waals surface area contributed by atoms with Crippen LogP contribution in [-0.2, 0) is 29.1 Å². The van der Waals surface area contributed by atoms with E-state index in [1.165, 1.54) is 0 Å². The van der Waals surface area contributed by atoms with E-state index in [4.69, 9.17) is 0 Å². The summed E-state index contributed by atoms with van der Waals surface area (Å²) in [4.78, 5) is 24.5. The van der Waals surface area contributed by atoms with Gasteiger partial charge in [0, 0.05) is 12.1 Å². The number of carbonyl (C=O) groups is 2. The van der Waals surface area contributed by atoms with E-state index in [2.05, 4.69) is 0 Å². The third-order valence-electron chi connectivity index (χ3n) is 4.06. The minimum absolute atomic E-state index is 0. The van der Waals surface area contributed by atoms with Gasteiger partial charge >= 0.3 is 19.5 Å². The summed E-state index contributed by atoms with van der Waals surface area (Å²) in [6.07, 6.45) is 4.49. The Morgan fingerprint density at radius 3 is 1.19 bits per heavy atom. The normalized spacial score (nSPS) is 21.8. The molecule has 2 aliphatic heterocycles. The smallest absolute Gasteiger partial charge is 0.548 e. The van der Waals surface area contributed by atoms with E-state index in [0.717, 1.165) is 51.9 Å². The minimum Gasteiger partial charge on any atom is -0.548 e. The Balaban J connectivity index is 0.000000364. The summed E-state index contributed by atoms with van der Waals surface area (Å²) in [6.45, 7) is 7.01. The van der Waals surface area contributed by atoms with Crippen LogP contribution in [0.15, 0.2) is 0 Å². The monoisotopic (exact) mass is 348 g/mol. The summed E-state index contributed by atoms with van der Waals surface area (Å²) in [7, 11) is 0. The Labute approximate surface area is 139 Å². The third-order valence-corrected chi connectivity index (χ3v) is 4.06. The number of nitrogens with zero attached hydrogens (tertiary/aromatic N) is 2.